The fourth-order valence-electron chi connectivity index (χ4n) is 2.05. The lowest BCUT2D eigenvalue weighted by Gasteiger charge is -2.23. The average Bonchev–Trinajstić information content (AvgIpc) is 2.37. The van der Waals surface area contributed by atoms with Gasteiger partial charge in [-0.1, -0.05) is 19.9 Å². The zero-order valence-electron chi connectivity index (χ0n) is 12.7. The van der Waals surface area contributed by atoms with Gasteiger partial charge >= 0.3 is 0 Å². The van der Waals surface area contributed by atoms with Gasteiger partial charge in [-0.25, -0.2) is 0 Å². The van der Waals surface area contributed by atoms with E-state index in [1.165, 1.54) is 5.56 Å². The molecule has 0 aliphatic heterocycles. The second kappa shape index (κ2) is 7.17. The minimum absolute atomic E-state index is 0.247. The second-order valence-corrected chi connectivity index (χ2v) is 5.31. The maximum absolute atomic E-state index is 11.0. The van der Waals surface area contributed by atoms with Crippen LogP contribution in [0.2, 0.25) is 0 Å². The molecule has 0 saturated heterocycles. The van der Waals surface area contributed by atoms with E-state index in [0.29, 0.717) is 12.3 Å². The Hall–Kier alpha value is -1.51. The number of carbonyl (C=O) groups is 1. The van der Waals surface area contributed by atoms with E-state index in [0.717, 1.165) is 24.4 Å². The van der Waals surface area contributed by atoms with Crippen LogP contribution in [0.1, 0.15) is 45.1 Å². The number of hydrogen-bond donors (Lipinski definition) is 0. The molecule has 0 bridgehead atoms. The van der Waals surface area contributed by atoms with E-state index in [2.05, 4.69) is 30.9 Å². The van der Waals surface area contributed by atoms with Crippen LogP contribution in [-0.4, -0.2) is 26.5 Å². The topological polar surface area (TPSA) is 29.5 Å². The number of methoxy groups -OCH3 is 1. The van der Waals surface area contributed by atoms with Gasteiger partial charge in [-0.3, -0.25) is 0 Å². The maximum atomic E-state index is 11.0. The monoisotopic (exact) mass is 263 g/mol. The van der Waals surface area contributed by atoms with Crippen LogP contribution < -0.4 is 9.64 Å². The molecule has 1 aromatic carbocycles. The largest absolute Gasteiger partial charge is 0.495 e. The Morgan fingerprint density at radius 1 is 1.37 bits per heavy atom. The first-order valence-corrected chi connectivity index (χ1v) is 6.84. The van der Waals surface area contributed by atoms with Crippen molar-refractivity contribution in [2.75, 3.05) is 25.6 Å². The second-order valence-electron chi connectivity index (χ2n) is 5.31. The van der Waals surface area contributed by atoms with Gasteiger partial charge in [-0.2, -0.15) is 0 Å². The van der Waals surface area contributed by atoms with Crippen molar-refractivity contribution in [3.8, 4) is 5.75 Å². The van der Waals surface area contributed by atoms with Crippen LogP contribution in [0.4, 0.5) is 5.69 Å². The first kappa shape index (κ1) is 15.5. The Labute approximate surface area is 116 Å². The Morgan fingerprint density at radius 3 is 2.58 bits per heavy atom. The Balaban J connectivity index is 2.83. The van der Waals surface area contributed by atoms with Gasteiger partial charge < -0.3 is 14.4 Å². The quantitative estimate of drug-likeness (QED) is 0.752. The molecule has 0 aliphatic rings. The van der Waals surface area contributed by atoms with E-state index in [1.807, 2.05) is 13.1 Å². The number of ketones is 1. The third-order valence-electron chi connectivity index (χ3n) is 3.30. The SMILES string of the molecule is COc1ccc(C(C)C)cc1N(C)CCCC(C)=O. The molecular weight excluding hydrogens is 238 g/mol. The number of Topliss-reactive ketones (excluding diaryl/α,β-unsaturated/α-hetero) is 1. The molecule has 0 radical (unpaired) electrons. The highest BCUT2D eigenvalue weighted by atomic mass is 16.5. The van der Waals surface area contributed by atoms with Crippen molar-refractivity contribution in [3.63, 3.8) is 0 Å². The van der Waals surface area contributed by atoms with Crippen LogP contribution in [0.15, 0.2) is 18.2 Å². The molecule has 0 fully saturated rings. The summed E-state index contributed by atoms with van der Waals surface area (Å²) in [6.45, 7) is 6.86. The summed E-state index contributed by atoms with van der Waals surface area (Å²) in [5.41, 5.74) is 2.39. The van der Waals surface area contributed by atoms with Gasteiger partial charge in [0.15, 0.2) is 0 Å². The van der Waals surface area contributed by atoms with E-state index < -0.39 is 0 Å². The van der Waals surface area contributed by atoms with Crippen LogP contribution >= 0.6 is 0 Å². The highest BCUT2D eigenvalue weighted by Crippen LogP contribution is 2.31. The summed E-state index contributed by atoms with van der Waals surface area (Å²) in [4.78, 5) is 13.1. The molecular formula is C16H25NO2. The zero-order chi connectivity index (χ0) is 14.4. The van der Waals surface area contributed by atoms with Gasteiger partial charge in [0.25, 0.3) is 0 Å². The molecule has 1 aromatic rings. The lowest BCUT2D eigenvalue weighted by molar-refractivity contribution is -0.117. The molecule has 1 rings (SSSR count). The smallest absolute Gasteiger partial charge is 0.142 e. The number of benzene rings is 1. The minimum Gasteiger partial charge on any atom is -0.495 e. The van der Waals surface area contributed by atoms with E-state index in [4.69, 9.17) is 4.74 Å². The normalized spacial score (nSPS) is 10.6. The first-order valence-electron chi connectivity index (χ1n) is 6.84. The molecule has 0 atom stereocenters. The predicted molar refractivity (Wildman–Crippen MR) is 80.3 cm³/mol. The van der Waals surface area contributed by atoms with Gasteiger partial charge in [0, 0.05) is 20.0 Å². The molecule has 0 spiro atoms. The summed E-state index contributed by atoms with van der Waals surface area (Å²) in [6, 6.07) is 6.31. The molecule has 0 aromatic heterocycles. The van der Waals surface area contributed by atoms with Crippen molar-refractivity contribution in [1.82, 2.24) is 0 Å². The van der Waals surface area contributed by atoms with Crippen molar-refractivity contribution >= 4 is 11.5 Å². The molecule has 19 heavy (non-hydrogen) atoms. The van der Waals surface area contributed by atoms with Gasteiger partial charge in [-0.05, 0) is 37.0 Å². The number of carbonyl (C=O) groups excluding carboxylic acids is 1. The molecule has 3 nitrogen and oxygen atoms in total. The fraction of sp³-hybridized carbons (Fsp3) is 0.562. The zero-order valence-corrected chi connectivity index (χ0v) is 12.7. The van der Waals surface area contributed by atoms with Crippen LogP contribution in [0.3, 0.4) is 0 Å². The van der Waals surface area contributed by atoms with Crippen LogP contribution in [0, 0.1) is 0 Å². The van der Waals surface area contributed by atoms with Crippen LogP contribution in [-0.2, 0) is 4.79 Å². The average molecular weight is 263 g/mol. The summed E-state index contributed by atoms with van der Waals surface area (Å²) in [5.74, 6) is 1.63. The molecule has 3 heteroatoms. The Kier molecular flexibility index (Phi) is 5.87. The highest BCUT2D eigenvalue weighted by molar-refractivity contribution is 5.75. The van der Waals surface area contributed by atoms with Crippen LogP contribution in [0.25, 0.3) is 0 Å². The standard InChI is InChI=1S/C16H25NO2/c1-12(2)14-8-9-16(19-5)15(11-14)17(4)10-6-7-13(3)18/h8-9,11-12H,6-7,10H2,1-5H3. The lowest BCUT2D eigenvalue weighted by Crippen LogP contribution is -2.20. The third kappa shape index (κ3) is 4.58. The van der Waals surface area contributed by atoms with Gasteiger partial charge in [-0.15, -0.1) is 0 Å². The first-order chi connectivity index (χ1) is 8.95. The van der Waals surface area contributed by atoms with Crippen molar-refractivity contribution in [3.05, 3.63) is 23.8 Å². The summed E-state index contributed by atoms with van der Waals surface area (Å²) < 4.78 is 5.42. The van der Waals surface area contributed by atoms with E-state index >= 15 is 0 Å². The number of anilines is 1. The Bertz CT molecular complexity index is 427. The Morgan fingerprint density at radius 2 is 2.05 bits per heavy atom. The summed E-state index contributed by atoms with van der Waals surface area (Å²) in [7, 11) is 3.74. The molecule has 0 unspecified atom stereocenters. The molecule has 0 N–H and O–H groups in total. The van der Waals surface area contributed by atoms with Crippen molar-refractivity contribution in [1.29, 1.82) is 0 Å². The van der Waals surface area contributed by atoms with Gasteiger partial charge in [0.1, 0.15) is 11.5 Å². The number of rotatable bonds is 7. The summed E-state index contributed by atoms with van der Waals surface area (Å²) in [6.07, 6.45) is 1.51. The molecule has 0 aliphatic carbocycles. The number of ether oxygens (including phenoxy) is 1. The van der Waals surface area contributed by atoms with Gasteiger partial charge in [0.2, 0.25) is 0 Å². The summed E-state index contributed by atoms with van der Waals surface area (Å²) in [5, 5.41) is 0. The van der Waals surface area contributed by atoms with Gasteiger partial charge in [0.05, 0.1) is 12.8 Å². The fourth-order valence-corrected chi connectivity index (χ4v) is 2.05. The lowest BCUT2D eigenvalue weighted by atomic mass is 10.0. The third-order valence-corrected chi connectivity index (χ3v) is 3.30. The molecule has 0 amide bonds. The van der Waals surface area contributed by atoms with E-state index in [1.54, 1.807) is 14.0 Å². The van der Waals surface area contributed by atoms with Crippen molar-refractivity contribution in [2.24, 2.45) is 0 Å². The molecule has 106 valence electrons. The van der Waals surface area contributed by atoms with Crippen molar-refractivity contribution in [2.45, 2.75) is 39.5 Å². The molecule has 0 heterocycles. The van der Waals surface area contributed by atoms with E-state index in [-0.39, 0.29) is 5.78 Å². The minimum atomic E-state index is 0.247. The van der Waals surface area contributed by atoms with Crippen LogP contribution in [0.5, 0.6) is 5.75 Å². The number of nitrogens with zero attached hydrogens (tertiary/aromatic N) is 1. The van der Waals surface area contributed by atoms with E-state index in [9.17, 15) is 4.79 Å². The number of hydrogen-bond acceptors (Lipinski definition) is 3. The van der Waals surface area contributed by atoms with Crippen molar-refractivity contribution < 1.29 is 9.53 Å². The summed E-state index contributed by atoms with van der Waals surface area (Å²) >= 11 is 0. The maximum Gasteiger partial charge on any atom is 0.142 e. The molecule has 0 saturated carbocycles. The highest BCUT2D eigenvalue weighted by Gasteiger charge is 2.11. The predicted octanol–water partition coefficient (Wildman–Crippen LogP) is 3.62.